The summed E-state index contributed by atoms with van der Waals surface area (Å²) >= 11 is 8.51. The summed E-state index contributed by atoms with van der Waals surface area (Å²) in [6.07, 6.45) is 8.43. The van der Waals surface area contributed by atoms with Gasteiger partial charge in [0.25, 0.3) is 5.91 Å². The Hall–Kier alpha value is -1.78. The number of carbonyl (C=O) groups is 1. The van der Waals surface area contributed by atoms with Crippen molar-refractivity contribution in [3.63, 3.8) is 0 Å². The number of methoxy groups -OCH3 is 1. The van der Waals surface area contributed by atoms with Crippen LogP contribution in [0, 0.1) is 3.57 Å². The Morgan fingerprint density at radius 2 is 1.85 bits per heavy atom. The maximum absolute atomic E-state index is 11.9. The molecule has 1 aliphatic heterocycles. The van der Waals surface area contributed by atoms with Crippen LogP contribution in [0.2, 0.25) is 0 Å². The molecule has 1 amide bonds. The van der Waals surface area contributed by atoms with Crippen LogP contribution >= 0.6 is 46.6 Å². The number of rotatable bonds is 8. The van der Waals surface area contributed by atoms with Crippen molar-refractivity contribution in [1.29, 1.82) is 0 Å². The van der Waals surface area contributed by atoms with Crippen molar-refractivity contribution in [1.82, 2.24) is 5.32 Å². The smallest absolute Gasteiger partial charge is 0.263 e. The molecule has 0 unspecified atom stereocenters. The summed E-state index contributed by atoms with van der Waals surface area (Å²) in [5, 5.41) is 2.62. The predicted octanol–water partition coefficient (Wildman–Crippen LogP) is 6.29. The third kappa shape index (κ3) is 6.42. The van der Waals surface area contributed by atoms with Crippen molar-refractivity contribution in [2.45, 2.75) is 38.0 Å². The molecule has 8 heteroatoms. The molecule has 2 aromatic carbocycles. The molecule has 33 heavy (non-hydrogen) atoms. The maximum atomic E-state index is 11.9. The van der Waals surface area contributed by atoms with Crippen LogP contribution in [0.15, 0.2) is 41.3 Å². The van der Waals surface area contributed by atoms with Crippen LogP contribution in [0.25, 0.3) is 6.08 Å². The Kier molecular flexibility index (Phi) is 8.54. The fourth-order valence-corrected chi connectivity index (χ4v) is 5.94. The van der Waals surface area contributed by atoms with E-state index in [9.17, 15) is 4.79 Å². The van der Waals surface area contributed by atoms with Crippen molar-refractivity contribution in [3.05, 3.63) is 56.0 Å². The van der Waals surface area contributed by atoms with Gasteiger partial charge in [0.1, 0.15) is 23.3 Å². The third-order valence-corrected chi connectivity index (χ3v) is 7.71. The summed E-state index contributed by atoms with van der Waals surface area (Å²) in [5.41, 5.74) is 2.27. The third-order valence-electron chi connectivity index (χ3n) is 5.75. The number of thioether (sulfide) groups is 1. The summed E-state index contributed by atoms with van der Waals surface area (Å²) < 4.78 is 18.8. The van der Waals surface area contributed by atoms with E-state index in [1.165, 1.54) is 49.4 Å². The topological polar surface area (TPSA) is 56.8 Å². The first-order valence-corrected chi connectivity index (χ1v) is 13.3. The van der Waals surface area contributed by atoms with Crippen LogP contribution < -0.4 is 19.5 Å². The quantitative estimate of drug-likeness (QED) is 0.168. The van der Waals surface area contributed by atoms with Crippen LogP contribution in [0.3, 0.4) is 0 Å². The van der Waals surface area contributed by atoms with Gasteiger partial charge in [-0.15, -0.1) is 0 Å². The molecule has 2 fully saturated rings. The molecular weight excluding hydrogens is 569 g/mol. The molecule has 1 saturated carbocycles. The van der Waals surface area contributed by atoms with Gasteiger partial charge in [-0.05, 0) is 82.8 Å². The molecule has 4 rings (SSSR count). The molecule has 1 heterocycles. The molecule has 1 N–H and O–H groups in total. The number of halogens is 1. The number of nitrogens with one attached hydrogen (secondary N) is 1. The lowest BCUT2D eigenvalue weighted by Gasteiger charge is -2.22. The highest BCUT2D eigenvalue weighted by atomic mass is 127. The molecule has 5 nitrogen and oxygen atoms in total. The molecule has 0 spiro atoms. The second kappa shape index (κ2) is 11.6. The summed E-state index contributed by atoms with van der Waals surface area (Å²) in [6, 6.07) is 12.3. The van der Waals surface area contributed by atoms with Crippen molar-refractivity contribution in [2.75, 3.05) is 20.3 Å². The number of benzene rings is 2. The summed E-state index contributed by atoms with van der Waals surface area (Å²) in [5.74, 6) is 2.64. The first kappa shape index (κ1) is 24.3. The van der Waals surface area contributed by atoms with E-state index < -0.39 is 0 Å². The van der Waals surface area contributed by atoms with Gasteiger partial charge in [0.15, 0.2) is 11.5 Å². The predicted molar refractivity (Wildman–Crippen MR) is 145 cm³/mol. The lowest BCUT2D eigenvalue weighted by molar-refractivity contribution is -0.115. The van der Waals surface area contributed by atoms with Gasteiger partial charge in [0, 0.05) is 0 Å². The van der Waals surface area contributed by atoms with E-state index in [1.54, 1.807) is 13.2 Å². The van der Waals surface area contributed by atoms with Gasteiger partial charge in [-0.25, -0.2) is 0 Å². The number of amides is 1. The highest BCUT2D eigenvalue weighted by Gasteiger charge is 2.22. The second-order valence-electron chi connectivity index (χ2n) is 7.99. The zero-order valence-electron chi connectivity index (χ0n) is 18.4. The Balaban J connectivity index is 1.33. The van der Waals surface area contributed by atoms with Gasteiger partial charge in [0.2, 0.25) is 0 Å². The number of hydrogen-bond donors (Lipinski definition) is 1. The zero-order chi connectivity index (χ0) is 23.2. The van der Waals surface area contributed by atoms with Crippen molar-refractivity contribution >= 4 is 62.9 Å². The van der Waals surface area contributed by atoms with E-state index >= 15 is 0 Å². The molecule has 2 aromatic rings. The van der Waals surface area contributed by atoms with Gasteiger partial charge in [0.05, 0.1) is 15.6 Å². The van der Waals surface area contributed by atoms with Gasteiger partial charge in [-0.2, -0.15) is 0 Å². The molecule has 0 bridgehead atoms. The fourth-order valence-electron chi connectivity index (χ4n) is 4.11. The lowest BCUT2D eigenvalue weighted by atomic mass is 9.84. The minimum Gasteiger partial charge on any atom is -0.493 e. The molecule has 0 aromatic heterocycles. The first-order valence-electron chi connectivity index (χ1n) is 11.0. The lowest BCUT2D eigenvalue weighted by Crippen LogP contribution is -2.17. The Labute approximate surface area is 217 Å². The van der Waals surface area contributed by atoms with E-state index in [-0.39, 0.29) is 5.91 Å². The molecular formula is C25H26INO4S2. The number of carbonyl (C=O) groups excluding carboxylic acids is 1. The van der Waals surface area contributed by atoms with E-state index in [1.807, 2.05) is 12.1 Å². The van der Waals surface area contributed by atoms with Crippen molar-refractivity contribution in [2.24, 2.45) is 0 Å². The highest BCUT2D eigenvalue weighted by molar-refractivity contribution is 14.1. The van der Waals surface area contributed by atoms with E-state index in [0.29, 0.717) is 39.9 Å². The first-order chi connectivity index (χ1) is 16.0. The molecule has 2 aliphatic rings. The van der Waals surface area contributed by atoms with Crippen LogP contribution in [-0.4, -0.2) is 30.6 Å². The standard InChI is InChI=1S/C25H26INO4S2/c1-29-21-14-16(15-22-24(28)27-25(32)33-22)13-20(26)23(21)31-12-11-30-19-9-7-18(8-10-19)17-5-3-2-4-6-17/h7-10,13-15,17H,2-6,11-12H2,1H3,(H,27,28,32). The monoisotopic (exact) mass is 595 g/mol. The average Bonchev–Trinajstić information content (AvgIpc) is 3.14. The van der Waals surface area contributed by atoms with Crippen LogP contribution in [0.5, 0.6) is 17.2 Å². The normalized spacial score (nSPS) is 17.8. The average molecular weight is 596 g/mol. The zero-order valence-corrected chi connectivity index (χ0v) is 22.2. The van der Waals surface area contributed by atoms with E-state index in [2.05, 4.69) is 52.2 Å². The van der Waals surface area contributed by atoms with Gasteiger partial charge in [-0.1, -0.05) is 55.4 Å². The minimum atomic E-state index is -0.178. The van der Waals surface area contributed by atoms with Gasteiger partial charge < -0.3 is 19.5 Å². The number of ether oxygens (including phenoxy) is 3. The number of thiocarbonyl (C=S) groups is 1. The van der Waals surface area contributed by atoms with Crippen LogP contribution in [-0.2, 0) is 4.79 Å². The van der Waals surface area contributed by atoms with Gasteiger partial charge >= 0.3 is 0 Å². The van der Waals surface area contributed by atoms with Crippen LogP contribution in [0.4, 0.5) is 0 Å². The molecule has 0 radical (unpaired) electrons. The highest BCUT2D eigenvalue weighted by Crippen LogP contribution is 2.36. The maximum Gasteiger partial charge on any atom is 0.263 e. The largest absolute Gasteiger partial charge is 0.493 e. The molecule has 1 aliphatic carbocycles. The van der Waals surface area contributed by atoms with Crippen molar-refractivity contribution < 1.29 is 19.0 Å². The fraction of sp³-hybridized carbons (Fsp3) is 0.360. The Bertz CT molecular complexity index is 1050. The molecule has 174 valence electrons. The summed E-state index contributed by atoms with van der Waals surface area (Å²) in [4.78, 5) is 12.5. The summed E-state index contributed by atoms with van der Waals surface area (Å²) in [6.45, 7) is 0.825. The molecule has 1 saturated heterocycles. The van der Waals surface area contributed by atoms with Crippen LogP contribution in [0.1, 0.15) is 49.1 Å². The van der Waals surface area contributed by atoms with E-state index in [0.717, 1.165) is 14.9 Å². The minimum absolute atomic E-state index is 0.178. The van der Waals surface area contributed by atoms with E-state index in [4.69, 9.17) is 26.4 Å². The molecule has 0 atom stereocenters. The SMILES string of the molecule is COc1cc(C=C2SC(=S)NC2=O)cc(I)c1OCCOc1ccc(C2CCCCC2)cc1. The Morgan fingerprint density at radius 3 is 2.52 bits per heavy atom. The van der Waals surface area contributed by atoms with Gasteiger partial charge in [-0.3, -0.25) is 4.79 Å². The number of hydrogen-bond acceptors (Lipinski definition) is 6. The second-order valence-corrected chi connectivity index (χ2v) is 10.9. The summed E-state index contributed by atoms with van der Waals surface area (Å²) in [7, 11) is 1.60. The van der Waals surface area contributed by atoms with Crippen molar-refractivity contribution in [3.8, 4) is 17.2 Å². The Morgan fingerprint density at radius 1 is 1.12 bits per heavy atom.